The number of fused-ring (bicyclic) bond motifs is 1. The average molecular weight is 241 g/mol. The van der Waals surface area contributed by atoms with Crippen LogP contribution in [0.1, 0.15) is 12.5 Å². The number of hydrogen-bond acceptors (Lipinski definition) is 3. The Morgan fingerprint density at radius 1 is 1.22 bits per heavy atom. The normalized spacial score (nSPS) is 16.2. The molecule has 1 aliphatic rings. The third-order valence-electron chi connectivity index (χ3n) is 3.67. The second-order valence-corrected chi connectivity index (χ2v) is 4.73. The van der Waals surface area contributed by atoms with E-state index in [1.807, 2.05) is 6.20 Å². The van der Waals surface area contributed by atoms with E-state index in [2.05, 4.69) is 46.4 Å². The van der Waals surface area contributed by atoms with Gasteiger partial charge in [-0.3, -0.25) is 4.98 Å². The molecule has 3 heteroatoms. The monoisotopic (exact) mass is 241 g/mol. The highest BCUT2D eigenvalue weighted by atomic mass is 15.2. The molecule has 1 saturated heterocycles. The molecule has 3 rings (SSSR count). The molecule has 18 heavy (non-hydrogen) atoms. The largest absolute Gasteiger partial charge is 0.368 e. The molecule has 0 saturated carbocycles. The Morgan fingerprint density at radius 2 is 2.06 bits per heavy atom. The van der Waals surface area contributed by atoms with Gasteiger partial charge in [0.05, 0.1) is 5.52 Å². The van der Waals surface area contributed by atoms with Gasteiger partial charge in [-0.15, -0.1) is 0 Å². The van der Waals surface area contributed by atoms with Crippen molar-refractivity contribution in [3.8, 4) is 0 Å². The lowest BCUT2D eigenvalue weighted by Gasteiger charge is -2.30. The number of para-hydroxylation sites is 1. The minimum absolute atomic E-state index is 1.04. The molecule has 1 aromatic heterocycles. The SMILES string of the molecule is CCc1cccc2c(N3CCNCC3)ccnc12. The standard InChI is InChI=1S/C15H19N3/c1-2-12-4-3-5-13-14(6-7-17-15(12)13)18-10-8-16-9-11-18/h3-7,16H,2,8-11H2,1H3. The second kappa shape index (κ2) is 4.94. The Kier molecular flexibility index (Phi) is 3.15. The number of aromatic nitrogens is 1. The minimum atomic E-state index is 1.04. The smallest absolute Gasteiger partial charge is 0.0754 e. The average Bonchev–Trinajstić information content (AvgIpc) is 2.47. The number of pyridine rings is 1. The number of piperazine rings is 1. The molecule has 2 aromatic rings. The highest BCUT2D eigenvalue weighted by Crippen LogP contribution is 2.27. The van der Waals surface area contributed by atoms with E-state index < -0.39 is 0 Å². The molecule has 0 bridgehead atoms. The molecule has 1 N–H and O–H groups in total. The molecular weight excluding hydrogens is 222 g/mol. The zero-order valence-corrected chi connectivity index (χ0v) is 10.8. The summed E-state index contributed by atoms with van der Waals surface area (Å²) < 4.78 is 0. The van der Waals surface area contributed by atoms with Gasteiger partial charge < -0.3 is 10.2 Å². The van der Waals surface area contributed by atoms with Crippen molar-refractivity contribution in [2.45, 2.75) is 13.3 Å². The summed E-state index contributed by atoms with van der Waals surface area (Å²) in [7, 11) is 0. The van der Waals surface area contributed by atoms with Crippen molar-refractivity contribution >= 4 is 16.6 Å². The molecule has 0 aliphatic carbocycles. The summed E-state index contributed by atoms with van der Waals surface area (Å²) >= 11 is 0. The van der Waals surface area contributed by atoms with Crippen molar-refractivity contribution in [2.75, 3.05) is 31.1 Å². The van der Waals surface area contributed by atoms with Gasteiger partial charge in [0, 0.05) is 43.4 Å². The van der Waals surface area contributed by atoms with Crippen LogP contribution in [0.15, 0.2) is 30.5 Å². The van der Waals surface area contributed by atoms with E-state index in [0.29, 0.717) is 0 Å². The van der Waals surface area contributed by atoms with Crippen LogP contribution in [-0.2, 0) is 6.42 Å². The number of benzene rings is 1. The van der Waals surface area contributed by atoms with E-state index in [9.17, 15) is 0 Å². The van der Waals surface area contributed by atoms with Crippen LogP contribution in [0.25, 0.3) is 10.9 Å². The molecule has 0 atom stereocenters. The fourth-order valence-corrected chi connectivity index (χ4v) is 2.69. The Hall–Kier alpha value is -1.61. The Labute approximate surface area is 108 Å². The summed E-state index contributed by atoms with van der Waals surface area (Å²) in [6.07, 6.45) is 2.98. The lowest BCUT2D eigenvalue weighted by Crippen LogP contribution is -2.43. The van der Waals surface area contributed by atoms with Gasteiger partial charge in [-0.25, -0.2) is 0 Å². The summed E-state index contributed by atoms with van der Waals surface area (Å²) in [6, 6.07) is 8.66. The van der Waals surface area contributed by atoms with Crippen molar-refractivity contribution in [1.82, 2.24) is 10.3 Å². The summed E-state index contributed by atoms with van der Waals surface area (Å²) in [5.41, 5.74) is 3.83. The summed E-state index contributed by atoms with van der Waals surface area (Å²) in [5.74, 6) is 0. The molecule has 0 spiro atoms. The number of rotatable bonds is 2. The van der Waals surface area contributed by atoms with Gasteiger partial charge in [0.25, 0.3) is 0 Å². The second-order valence-electron chi connectivity index (χ2n) is 4.73. The molecule has 1 aromatic carbocycles. The van der Waals surface area contributed by atoms with Crippen molar-refractivity contribution in [2.24, 2.45) is 0 Å². The predicted octanol–water partition coefficient (Wildman–Crippen LogP) is 2.21. The van der Waals surface area contributed by atoms with Crippen LogP contribution in [-0.4, -0.2) is 31.2 Å². The minimum Gasteiger partial charge on any atom is -0.368 e. The van der Waals surface area contributed by atoms with Crippen LogP contribution in [0.2, 0.25) is 0 Å². The third kappa shape index (κ3) is 1.95. The maximum atomic E-state index is 4.57. The van der Waals surface area contributed by atoms with Gasteiger partial charge >= 0.3 is 0 Å². The summed E-state index contributed by atoms with van der Waals surface area (Å²) in [5, 5.41) is 4.69. The van der Waals surface area contributed by atoms with E-state index in [4.69, 9.17) is 0 Å². The quantitative estimate of drug-likeness (QED) is 0.873. The summed E-state index contributed by atoms with van der Waals surface area (Å²) in [6.45, 7) is 6.48. The van der Waals surface area contributed by atoms with Crippen LogP contribution in [0.3, 0.4) is 0 Å². The highest BCUT2D eigenvalue weighted by Gasteiger charge is 2.14. The van der Waals surface area contributed by atoms with Crippen molar-refractivity contribution in [1.29, 1.82) is 0 Å². The zero-order valence-electron chi connectivity index (χ0n) is 10.8. The first-order chi connectivity index (χ1) is 8.90. The molecule has 0 radical (unpaired) electrons. The van der Waals surface area contributed by atoms with Crippen LogP contribution in [0, 0.1) is 0 Å². The Morgan fingerprint density at radius 3 is 2.83 bits per heavy atom. The molecule has 0 unspecified atom stereocenters. The molecule has 3 nitrogen and oxygen atoms in total. The molecule has 1 aliphatic heterocycles. The van der Waals surface area contributed by atoms with E-state index in [-0.39, 0.29) is 0 Å². The lowest BCUT2D eigenvalue weighted by atomic mass is 10.1. The fraction of sp³-hybridized carbons (Fsp3) is 0.400. The molecule has 94 valence electrons. The molecule has 1 fully saturated rings. The van der Waals surface area contributed by atoms with Gasteiger partial charge in [-0.2, -0.15) is 0 Å². The van der Waals surface area contributed by atoms with Gasteiger partial charge in [-0.05, 0) is 18.1 Å². The maximum Gasteiger partial charge on any atom is 0.0754 e. The first kappa shape index (κ1) is 11.5. The highest BCUT2D eigenvalue weighted by molar-refractivity contribution is 5.93. The first-order valence-electron chi connectivity index (χ1n) is 6.72. The summed E-state index contributed by atoms with van der Waals surface area (Å²) in [4.78, 5) is 7.02. The number of nitrogens with one attached hydrogen (secondary N) is 1. The van der Waals surface area contributed by atoms with Gasteiger partial charge in [0.15, 0.2) is 0 Å². The predicted molar refractivity (Wildman–Crippen MR) is 76.2 cm³/mol. The maximum absolute atomic E-state index is 4.57. The lowest BCUT2D eigenvalue weighted by molar-refractivity contribution is 0.590. The zero-order chi connectivity index (χ0) is 12.4. The number of nitrogens with zero attached hydrogens (tertiary/aromatic N) is 2. The van der Waals surface area contributed by atoms with E-state index >= 15 is 0 Å². The molecule has 0 amide bonds. The van der Waals surface area contributed by atoms with E-state index in [1.54, 1.807) is 0 Å². The van der Waals surface area contributed by atoms with Crippen LogP contribution < -0.4 is 10.2 Å². The van der Waals surface area contributed by atoms with Crippen LogP contribution in [0.5, 0.6) is 0 Å². The number of hydrogen-bond donors (Lipinski definition) is 1. The van der Waals surface area contributed by atoms with Crippen LogP contribution >= 0.6 is 0 Å². The van der Waals surface area contributed by atoms with E-state index in [0.717, 1.165) is 38.1 Å². The molecule has 2 heterocycles. The number of anilines is 1. The third-order valence-corrected chi connectivity index (χ3v) is 3.67. The van der Waals surface area contributed by atoms with Crippen LogP contribution in [0.4, 0.5) is 5.69 Å². The Bertz CT molecular complexity index is 544. The first-order valence-corrected chi connectivity index (χ1v) is 6.72. The van der Waals surface area contributed by atoms with Crippen molar-refractivity contribution < 1.29 is 0 Å². The Balaban J connectivity index is 2.11. The number of aryl methyl sites for hydroxylation is 1. The van der Waals surface area contributed by atoms with E-state index in [1.165, 1.54) is 16.6 Å². The fourth-order valence-electron chi connectivity index (χ4n) is 2.69. The van der Waals surface area contributed by atoms with Crippen molar-refractivity contribution in [3.05, 3.63) is 36.0 Å². The van der Waals surface area contributed by atoms with Gasteiger partial charge in [0.2, 0.25) is 0 Å². The van der Waals surface area contributed by atoms with Crippen molar-refractivity contribution in [3.63, 3.8) is 0 Å². The molecular formula is C15H19N3. The van der Waals surface area contributed by atoms with Gasteiger partial charge in [0.1, 0.15) is 0 Å². The van der Waals surface area contributed by atoms with Gasteiger partial charge in [-0.1, -0.05) is 25.1 Å². The topological polar surface area (TPSA) is 28.2 Å².